The molecule has 150 valence electrons. The molecular weight excluding hydrogens is 356 g/mol. The number of carbonyl (C=O) groups excluding carboxylic acids is 2. The Kier molecular flexibility index (Phi) is 6.76. The molecule has 0 radical (unpaired) electrons. The number of aromatic nitrogens is 3. The molecule has 2 aromatic rings. The Morgan fingerprint density at radius 2 is 2.11 bits per heavy atom. The summed E-state index contributed by atoms with van der Waals surface area (Å²) in [7, 11) is 0. The van der Waals surface area contributed by atoms with Crippen molar-refractivity contribution in [3.05, 3.63) is 42.5 Å². The van der Waals surface area contributed by atoms with Crippen LogP contribution in [-0.4, -0.2) is 68.6 Å². The molecule has 1 unspecified atom stereocenters. The average molecular weight is 384 g/mol. The first-order valence-corrected chi connectivity index (χ1v) is 9.86. The summed E-state index contributed by atoms with van der Waals surface area (Å²) in [6.07, 6.45) is 5.34. The Hall–Kier alpha value is -2.74. The number of likely N-dealkylation sites (tertiary alicyclic amines) is 1. The van der Waals surface area contributed by atoms with E-state index in [0.29, 0.717) is 30.9 Å². The number of carbonyl (C=O) groups is 2. The van der Waals surface area contributed by atoms with Gasteiger partial charge in [-0.25, -0.2) is 4.98 Å². The number of amides is 2. The van der Waals surface area contributed by atoms with E-state index < -0.39 is 0 Å². The summed E-state index contributed by atoms with van der Waals surface area (Å²) >= 11 is 0. The van der Waals surface area contributed by atoms with Crippen LogP contribution in [0.4, 0.5) is 5.69 Å². The van der Waals surface area contributed by atoms with Crippen LogP contribution in [0, 0.1) is 0 Å². The number of rotatable bonds is 8. The molecule has 0 bridgehead atoms. The van der Waals surface area contributed by atoms with Gasteiger partial charge in [0.15, 0.2) is 0 Å². The van der Waals surface area contributed by atoms with E-state index in [0.717, 1.165) is 25.9 Å². The van der Waals surface area contributed by atoms with E-state index in [-0.39, 0.29) is 17.9 Å². The fraction of sp³-hybridized carbons (Fsp3) is 0.500. The molecule has 2 heterocycles. The molecule has 1 aromatic heterocycles. The topological polar surface area (TPSA) is 83.4 Å². The van der Waals surface area contributed by atoms with E-state index in [1.165, 1.54) is 6.33 Å². The van der Waals surface area contributed by atoms with E-state index in [2.05, 4.69) is 20.3 Å². The molecule has 1 atom stereocenters. The number of hydrogen-bond acceptors (Lipinski definition) is 5. The van der Waals surface area contributed by atoms with Crippen LogP contribution in [0.1, 0.15) is 37.0 Å². The molecule has 1 aromatic carbocycles. The predicted molar refractivity (Wildman–Crippen MR) is 107 cm³/mol. The quantitative estimate of drug-likeness (QED) is 0.751. The highest BCUT2D eigenvalue weighted by molar-refractivity contribution is 5.97. The highest BCUT2D eigenvalue weighted by atomic mass is 16.2. The number of hydrogen-bond donors (Lipinski definition) is 1. The van der Waals surface area contributed by atoms with Crippen molar-refractivity contribution in [3.63, 3.8) is 0 Å². The maximum Gasteiger partial charge on any atom is 0.253 e. The summed E-state index contributed by atoms with van der Waals surface area (Å²) in [5.74, 6) is -0.0912. The minimum Gasteiger partial charge on any atom is -0.339 e. The Morgan fingerprint density at radius 1 is 1.29 bits per heavy atom. The van der Waals surface area contributed by atoms with E-state index in [4.69, 9.17) is 0 Å². The summed E-state index contributed by atoms with van der Waals surface area (Å²) < 4.78 is 1.81. The number of benzene rings is 1. The van der Waals surface area contributed by atoms with Crippen molar-refractivity contribution < 1.29 is 9.59 Å². The summed E-state index contributed by atoms with van der Waals surface area (Å²) in [4.78, 5) is 33.0. The summed E-state index contributed by atoms with van der Waals surface area (Å²) in [6, 6.07) is 7.42. The first-order chi connectivity index (χ1) is 13.6. The maximum atomic E-state index is 12.6. The van der Waals surface area contributed by atoms with Crippen LogP contribution in [0.25, 0.3) is 0 Å². The van der Waals surface area contributed by atoms with Crippen LogP contribution in [0.15, 0.2) is 36.9 Å². The molecule has 3 rings (SSSR count). The lowest BCUT2D eigenvalue weighted by Gasteiger charge is -2.23. The zero-order valence-corrected chi connectivity index (χ0v) is 16.5. The third kappa shape index (κ3) is 4.95. The van der Waals surface area contributed by atoms with Gasteiger partial charge < -0.3 is 10.2 Å². The number of nitrogens with zero attached hydrogens (tertiary/aromatic N) is 5. The molecule has 1 fully saturated rings. The van der Waals surface area contributed by atoms with Crippen molar-refractivity contribution in [1.29, 1.82) is 0 Å². The molecule has 8 nitrogen and oxygen atoms in total. The molecule has 1 saturated heterocycles. The molecule has 0 spiro atoms. The Morgan fingerprint density at radius 3 is 2.82 bits per heavy atom. The van der Waals surface area contributed by atoms with Crippen LogP contribution in [0.3, 0.4) is 0 Å². The van der Waals surface area contributed by atoms with Crippen molar-refractivity contribution in [3.8, 4) is 0 Å². The molecule has 28 heavy (non-hydrogen) atoms. The second kappa shape index (κ2) is 9.45. The third-order valence-electron chi connectivity index (χ3n) is 5.15. The SMILES string of the molecule is CCN(CC)C(=O)c1cccc(NC(=O)CN2CCCC2Cn2cncn2)c1. The van der Waals surface area contributed by atoms with Gasteiger partial charge in [-0.05, 0) is 51.4 Å². The van der Waals surface area contributed by atoms with Gasteiger partial charge in [-0.3, -0.25) is 19.2 Å². The normalized spacial score (nSPS) is 16.9. The lowest BCUT2D eigenvalue weighted by Crippen LogP contribution is -2.39. The highest BCUT2D eigenvalue weighted by Crippen LogP contribution is 2.19. The van der Waals surface area contributed by atoms with E-state index >= 15 is 0 Å². The monoisotopic (exact) mass is 384 g/mol. The lowest BCUT2D eigenvalue weighted by atomic mass is 10.1. The van der Waals surface area contributed by atoms with Gasteiger partial charge in [0.25, 0.3) is 5.91 Å². The fourth-order valence-electron chi connectivity index (χ4n) is 3.66. The van der Waals surface area contributed by atoms with Gasteiger partial charge in [0.1, 0.15) is 12.7 Å². The van der Waals surface area contributed by atoms with Crippen LogP contribution < -0.4 is 5.32 Å². The molecule has 2 amide bonds. The van der Waals surface area contributed by atoms with Crippen molar-refractivity contribution in [2.24, 2.45) is 0 Å². The zero-order valence-electron chi connectivity index (χ0n) is 16.5. The second-order valence-electron chi connectivity index (χ2n) is 6.99. The molecule has 1 aliphatic rings. The molecule has 8 heteroatoms. The first-order valence-electron chi connectivity index (χ1n) is 9.86. The first kappa shape index (κ1) is 20.0. The smallest absolute Gasteiger partial charge is 0.253 e. The summed E-state index contributed by atoms with van der Waals surface area (Å²) in [6.45, 7) is 7.20. The van der Waals surface area contributed by atoms with Gasteiger partial charge in [0.05, 0.1) is 13.1 Å². The van der Waals surface area contributed by atoms with Crippen molar-refractivity contribution >= 4 is 17.5 Å². The van der Waals surface area contributed by atoms with Crippen molar-refractivity contribution in [2.75, 3.05) is 31.5 Å². The Labute approximate surface area is 165 Å². The summed E-state index contributed by atoms with van der Waals surface area (Å²) in [5.41, 5.74) is 1.24. The van der Waals surface area contributed by atoms with Gasteiger partial charge in [0, 0.05) is 30.4 Å². The van der Waals surface area contributed by atoms with Crippen LogP contribution in [-0.2, 0) is 11.3 Å². The van der Waals surface area contributed by atoms with E-state index in [9.17, 15) is 9.59 Å². The standard InChI is InChI=1S/C20H28N6O2/c1-3-24(4-2)20(28)16-7-5-8-17(11-16)23-19(27)13-25-10-6-9-18(25)12-26-15-21-14-22-26/h5,7-8,11,14-15,18H,3-4,6,9-10,12-13H2,1-2H3,(H,23,27). The molecule has 1 N–H and O–H groups in total. The van der Waals surface area contributed by atoms with Crippen LogP contribution in [0.5, 0.6) is 0 Å². The van der Waals surface area contributed by atoms with E-state index in [1.54, 1.807) is 29.4 Å². The molecule has 1 aliphatic heterocycles. The van der Waals surface area contributed by atoms with Crippen LogP contribution >= 0.6 is 0 Å². The maximum absolute atomic E-state index is 12.6. The number of nitrogens with one attached hydrogen (secondary N) is 1. The van der Waals surface area contributed by atoms with Gasteiger partial charge in [-0.2, -0.15) is 5.10 Å². The van der Waals surface area contributed by atoms with Gasteiger partial charge >= 0.3 is 0 Å². The van der Waals surface area contributed by atoms with Crippen molar-refractivity contribution in [2.45, 2.75) is 39.3 Å². The average Bonchev–Trinajstić information content (AvgIpc) is 3.36. The van der Waals surface area contributed by atoms with Gasteiger partial charge in [0.2, 0.25) is 5.91 Å². The second-order valence-corrected chi connectivity index (χ2v) is 6.99. The van der Waals surface area contributed by atoms with Crippen molar-refractivity contribution in [1.82, 2.24) is 24.6 Å². The zero-order chi connectivity index (χ0) is 19.9. The largest absolute Gasteiger partial charge is 0.339 e. The number of anilines is 1. The minimum atomic E-state index is -0.0714. The summed E-state index contributed by atoms with van der Waals surface area (Å²) in [5, 5.41) is 7.09. The Balaban J connectivity index is 1.58. The molecular formula is C20H28N6O2. The predicted octanol–water partition coefficient (Wildman–Crippen LogP) is 1.86. The minimum absolute atomic E-state index is 0.0199. The van der Waals surface area contributed by atoms with Gasteiger partial charge in [-0.15, -0.1) is 0 Å². The molecule has 0 saturated carbocycles. The highest BCUT2D eigenvalue weighted by Gasteiger charge is 2.26. The van der Waals surface area contributed by atoms with Crippen LogP contribution in [0.2, 0.25) is 0 Å². The van der Waals surface area contributed by atoms with E-state index in [1.807, 2.05) is 24.6 Å². The fourth-order valence-corrected chi connectivity index (χ4v) is 3.66. The lowest BCUT2D eigenvalue weighted by molar-refractivity contribution is -0.117. The van der Waals surface area contributed by atoms with Gasteiger partial charge in [-0.1, -0.05) is 6.07 Å². The Bertz CT molecular complexity index is 788. The third-order valence-corrected chi connectivity index (χ3v) is 5.15. The molecule has 0 aliphatic carbocycles.